The van der Waals surface area contributed by atoms with Crippen molar-refractivity contribution in [2.45, 2.75) is 0 Å². The van der Waals surface area contributed by atoms with Crippen LogP contribution in [0, 0.1) is 22.7 Å². The maximum absolute atomic E-state index is 9.02. The summed E-state index contributed by atoms with van der Waals surface area (Å²) >= 11 is 12.0. The van der Waals surface area contributed by atoms with Crippen molar-refractivity contribution in [3.8, 4) is 12.1 Å². The molecule has 2 aromatic rings. The monoisotopic (exact) mass is 408 g/mol. The predicted octanol–water partition coefficient (Wildman–Crippen LogP) is 5.13. The number of piperazine rings is 1. The molecule has 3 rings (SSSR count). The number of benzene rings is 2. The molecular formula is C22H18Cl2N4. The van der Waals surface area contributed by atoms with Gasteiger partial charge in [-0.1, -0.05) is 35.3 Å². The van der Waals surface area contributed by atoms with Crippen LogP contribution in [0.2, 0.25) is 10.0 Å². The number of halogens is 2. The minimum atomic E-state index is 0.0752. The van der Waals surface area contributed by atoms with Gasteiger partial charge in [0.25, 0.3) is 0 Å². The van der Waals surface area contributed by atoms with Crippen LogP contribution in [0.4, 0.5) is 5.69 Å². The molecule has 6 heteroatoms. The fraction of sp³-hybridized carbons (Fsp3) is 0.182. The number of nitrogens with zero attached hydrogens (tertiary/aromatic N) is 4. The van der Waals surface area contributed by atoms with Crippen LogP contribution in [0.15, 0.2) is 66.3 Å². The maximum Gasteiger partial charge on any atom is 0.129 e. The second-order valence-electron chi connectivity index (χ2n) is 6.31. The van der Waals surface area contributed by atoms with Gasteiger partial charge in [-0.2, -0.15) is 10.5 Å². The van der Waals surface area contributed by atoms with Crippen LogP contribution in [0.5, 0.6) is 0 Å². The first kappa shape index (κ1) is 19.8. The number of nitriles is 2. The summed E-state index contributed by atoms with van der Waals surface area (Å²) in [6.45, 7) is 3.36. The topological polar surface area (TPSA) is 54.1 Å². The summed E-state index contributed by atoms with van der Waals surface area (Å²) in [4.78, 5) is 4.58. The first-order valence-electron chi connectivity index (χ1n) is 8.84. The minimum absolute atomic E-state index is 0.0752. The Bertz CT molecular complexity index is 940. The van der Waals surface area contributed by atoms with Gasteiger partial charge < -0.3 is 9.80 Å². The molecule has 0 atom stereocenters. The summed E-state index contributed by atoms with van der Waals surface area (Å²) in [7, 11) is 0. The lowest BCUT2D eigenvalue weighted by Gasteiger charge is -2.38. The van der Waals surface area contributed by atoms with Crippen molar-refractivity contribution in [3.63, 3.8) is 0 Å². The van der Waals surface area contributed by atoms with Crippen molar-refractivity contribution in [1.82, 2.24) is 4.90 Å². The molecule has 1 fully saturated rings. The Morgan fingerprint density at radius 3 is 1.86 bits per heavy atom. The second-order valence-corrected chi connectivity index (χ2v) is 7.19. The molecule has 1 heterocycles. The van der Waals surface area contributed by atoms with Gasteiger partial charge in [0.15, 0.2) is 0 Å². The second kappa shape index (κ2) is 9.33. The van der Waals surface area contributed by atoms with Crippen molar-refractivity contribution < 1.29 is 0 Å². The molecule has 1 aliphatic rings. The molecule has 0 N–H and O–H groups in total. The normalized spacial score (nSPS) is 14.2. The summed E-state index contributed by atoms with van der Waals surface area (Å²) < 4.78 is 0. The van der Waals surface area contributed by atoms with E-state index < -0.39 is 0 Å². The lowest BCUT2D eigenvalue weighted by atomic mass is 10.1. The standard InChI is InChI=1S/C22H18Cl2N4/c23-19-4-2-18(3-5-19)22(10-1-17(15-25)16-26)28-13-11-27(12-14-28)21-8-6-20(24)7-9-21/h1-10H,11-14H2. The molecule has 2 aromatic carbocycles. The van der Waals surface area contributed by atoms with Crippen molar-refractivity contribution in [3.05, 3.63) is 81.9 Å². The highest BCUT2D eigenvalue weighted by Crippen LogP contribution is 2.25. The Morgan fingerprint density at radius 2 is 1.32 bits per heavy atom. The van der Waals surface area contributed by atoms with Gasteiger partial charge in [0.1, 0.15) is 17.7 Å². The molecule has 0 aromatic heterocycles. The van der Waals surface area contributed by atoms with Crippen LogP contribution in [-0.2, 0) is 0 Å². The summed E-state index contributed by atoms with van der Waals surface area (Å²) in [6.07, 6.45) is 3.40. The predicted molar refractivity (Wildman–Crippen MR) is 114 cm³/mol. The fourth-order valence-corrected chi connectivity index (χ4v) is 3.38. The average Bonchev–Trinajstić information content (AvgIpc) is 2.73. The number of hydrogen-bond acceptors (Lipinski definition) is 4. The van der Waals surface area contributed by atoms with Crippen LogP contribution in [0.1, 0.15) is 5.56 Å². The molecule has 0 spiro atoms. The lowest BCUT2D eigenvalue weighted by Crippen LogP contribution is -2.45. The highest BCUT2D eigenvalue weighted by Gasteiger charge is 2.20. The fourth-order valence-electron chi connectivity index (χ4n) is 3.12. The third-order valence-corrected chi connectivity index (χ3v) is 5.10. The molecule has 1 saturated heterocycles. The molecule has 0 radical (unpaired) electrons. The molecule has 0 bridgehead atoms. The average molecular weight is 409 g/mol. The molecule has 0 unspecified atom stereocenters. The first-order valence-corrected chi connectivity index (χ1v) is 9.60. The van der Waals surface area contributed by atoms with Crippen LogP contribution in [0.3, 0.4) is 0 Å². The molecule has 0 amide bonds. The molecule has 0 aliphatic carbocycles. The van der Waals surface area contributed by atoms with Crippen LogP contribution >= 0.6 is 23.2 Å². The largest absolute Gasteiger partial charge is 0.368 e. The smallest absolute Gasteiger partial charge is 0.129 e. The van der Waals surface area contributed by atoms with Crippen molar-refractivity contribution in [1.29, 1.82) is 10.5 Å². The Hall–Kier alpha value is -2.92. The highest BCUT2D eigenvalue weighted by atomic mass is 35.5. The number of anilines is 1. The van der Waals surface area contributed by atoms with Gasteiger partial charge in [-0.25, -0.2) is 0 Å². The third kappa shape index (κ3) is 4.87. The Morgan fingerprint density at radius 1 is 0.786 bits per heavy atom. The van der Waals surface area contributed by atoms with Gasteiger partial charge >= 0.3 is 0 Å². The quantitative estimate of drug-likeness (QED) is 0.519. The Kier molecular flexibility index (Phi) is 6.61. The van der Waals surface area contributed by atoms with E-state index in [4.69, 9.17) is 33.7 Å². The zero-order valence-corrected chi connectivity index (χ0v) is 16.7. The van der Waals surface area contributed by atoms with E-state index in [1.54, 1.807) is 6.08 Å². The van der Waals surface area contributed by atoms with Gasteiger partial charge in [-0.05, 0) is 54.1 Å². The molecule has 140 valence electrons. The first-order chi connectivity index (χ1) is 13.6. The van der Waals surface area contributed by atoms with E-state index >= 15 is 0 Å². The highest BCUT2D eigenvalue weighted by molar-refractivity contribution is 6.30. The van der Waals surface area contributed by atoms with E-state index in [-0.39, 0.29) is 5.57 Å². The lowest BCUT2D eigenvalue weighted by molar-refractivity contribution is 0.367. The number of allylic oxidation sites excluding steroid dienone is 3. The van der Waals surface area contributed by atoms with Gasteiger partial charge in [-0.3, -0.25) is 0 Å². The van der Waals surface area contributed by atoms with E-state index in [0.717, 1.165) is 48.1 Å². The van der Waals surface area contributed by atoms with Gasteiger partial charge in [0, 0.05) is 47.6 Å². The van der Waals surface area contributed by atoms with E-state index in [0.29, 0.717) is 5.02 Å². The molecule has 1 aliphatic heterocycles. The zero-order chi connectivity index (χ0) is 19.9. The van der Waals surface area contributed by atoms with Crippen LogP contribution in [-0.4, -0.2) is 31.1 Å². The maximum atomic E-state index is 9.02. The molecule has 4 nitrogen and oxygen atoms in total. The van der Waals surface area contributed by atoms with Gasteiger partial charge in [0.2, 0.25) is 0 Å². The van der Waals surface area contributed by atoms with Crippen molar-refractivity contribution in [2.24, 2.45) is 0 Å². The SMILES string of the molecule is N#CC(C#N)=CC=C(c1ccc(Cl)cc1)N1CCN(c2ccc(Cl)cc2)CC1. The van der Waals surface area contributed by atoms with Crippen LogP contribution in [0.25, 0.3) is 5.70 Å². The van der Waals surface area contributed by atoms with E-state index in [1.165, 1.54) is 0 Å². The summed E-state index contributed by atoms with van der Waals surface area (Å²) in [5.41, 5.74) is 3.19. The van der Waals surface area contributed by atoms with Crippen molar-refractivity contribution in [2.75, 3.05) is 31.1 Å². The minimum Gasteiger partial charge on any atom is -0.368 e. The third-order valence-electron chi connectivity index (χ3n) is 4.60. The van der Waals surface area contributed by atoms with E-state index in [9.17, 15) is 0 Å². The zero-order valence-electron chi connectivity index (χ0n) is 15.1. The molecule has 0 saturated carbocycles. The van der Waals surface area contributed by atoms with E-state index in [1.807, 2.05) is 66.7 Å². The molecular weight excluding hydrogens is 391 g/mol. The van der Waals surface area contributed by atoms with E-state index in [2.05, 4.69) is 9.80 Å². The Labute approximate surface area is 175 Å². The summed E-state index contributed by atoms with van der Waals surface area (Å²) in [5, 5.41) is 19.4. The molecule has 28 heavy (non-hydrogen) atoms. The Balaban J connectivity index is 1.82. The van der Waals surface area contributed by atoms with Gasteiger partial charge in [0.05, 0.1) is 0 Å². The van der Waals surface area contributed by atoms with Gasteiger partial charge in [-0.15, -0.1) is 0 Å². The van der Waals surface area contributed by atoms with Crippen LogP contribution < -0.4 is 4.90 Å². The summed E-state index contributed by atoms with van der Waals surface area (Å²) in [6, 6.07) is 19.2. The van der Waals surface area contributed by atoms with Crippen molar-refractivity contribution >= 4 is 34.6 Å². The summed E-state index contributed by atoms with van der Waals surface area (Å²) in [5.74, 6) is 0. The number of hydrogen-bond donors (Lipinski definition) is 0. The number of rotatable bonds is 4.